The summed E-state index contributed by atoms with van der Waals surface area (Å²) in [5, 5.41) is 11.8. The third-order valence-corrected chi connectivity index (χ3v) is 4.19. The molecule has 20 heavy (non-hydrogen) atoms. The maximum absolute atomic E-state index is 9.72. The van der Waals surface area contributed by atoms with Gasteiger partial charge in [-0.2, -0.15) is 0 Å². The van der Waals surface area contributed by atoms with Crippen LogP contribution in [0.25, 0.3) is 21.9 Å². The van der Waals surface area contributed by atoms with Crippen molar-refractivity contribution in [1.29, 1.82) is 0 Å². The number of rotatable bonds is 2. The number of hydrogen-bond donors (Lipinski definition) is 1. The van der Waals surface area contributed by atoms with Crippen molar-refractivity contribution >= 4 is 26.7 Å². The van der Waals surface area contributed by atoms with Gasteiger partial charge < -0.3 is 9.84 Å². The van der Waals surface area contributed by atoms with Gasteiger partial charge in [-0.25, -0.2) is 0 Å². The average molecular weight is 329 g/mol. The molecule has 0 aliphatic carbocycles. The van der Waals surface area contributed by atoms with Crippen LogP contribution in [-0.4, -0.2) is 12.2 Å². The smallest absolute Gasteiger partial charge is 0.130 e. The molecule has 0 saturated heterocycles. The van der Waals surface area contributed by atoms with Crippen molar-refractivity contribution in [3.63, 3.8) is 0 Å². The molecule has 3 heteroatoms. The van der Waals surface area contributed by atoms with Gasteiger partial charge in [-0.15, -0.1) is 0 Å². The van der Waals surface area contributed by atoms with Gasteiger partial charge in [0.1, 0.15) is 11.5 Å². The Morgan fingerprint density at radius 2 is 1.80 bits per heavy atom. The lowest BCUT2D eigenvalue weighted by Crippen LogP contribution is -1.87. The number of methoxy groups -OCH3 is 1. The number of para-hydroxylation sites is 1. The molecule has 0 aliphatic heterocycles. The number of halogens is 1. The minimum absolute atomic E-state index is 0.252. The van der Waals surface area contributed by atoms with Crippen molar-refractivity contribution in [3.8, 4) is 22.6 Å². The molecular weight excluding hydrogens is 316 g/mol. The van der Waals surface area contributed by atoms with Crippen LogP contribution in [0.15, 0.2) is 59.1 Å². The lowest BCUT2D eigenvalue weighted by molar-refractivity contribution is 0.416. The molecule has 0 aliphatic rings. The second-order valence-electron chi connectivity index (χ2n) is 4.53. The van der Waals surface area contributed by atoms with Crippen molar-refractivity contribution in [2.45, 2.75) is 0 Å². The molecule has 0 unspecified atom stereocenters. The highest BCUT2D eigenvalue weighted by molar-refractivity contribution is 9.10. The first kappa shape index (κ1) is 13.0. The molecule has 2 nitrogen and oxygen atoms in total. The standard InChI is InChI=1S/C17H13BrO2/c1-20-16-5-3-2-4-13(16)11-6-8-14-12(10-11)7-9-15(19)17(14)18/h2-10,19H,1H3. The third kappa shape index (κ3) is 2.14. The molecular formula is C17H13BrO2. The van der Waals surface area contributed by atoms with E-state index in [1.54, 1.807) is 13.2 Å². The van der Waals surface area contributed by atoms with Crippen LogP contribution in [0.2, 0.25) is 0 Å². The number of ether oxygens (including phenoxy) is 1. The van der Waals surface area contributed by atoms with Gasteiger partial charge in [-0.1, -0.05) is 36.4 Å². The fourth-order valence-corrected chi connectivity index (χ4v) is 2.82. The minimum atomic E-state index is 0.252. The second kappa shape index (κ2) is 5.17. The molecule has 1 N–H and O–H groups in total. The fraction of sp³-hybridized carbons (Fsp3) is 0.0588. The number of hydrogen-bond acceptors (Lipinski definition) is 2. The molecule has 0 fully saturated rings. The van der Waals surface area contributed by atoms with E-state index in [1.165, 1.54) is 0 Å². The van der Waals surface area contributed by atoms with Crippen LogP contribution in [0.5, 0.6) is 11.5 Å². The van der Waals surface area contributed by atoms with Crippen LogP contribution in [0.3, 0.4) is 0 Å². The largest absolute Gasteiger partial charge is 0.507 e. The Kier molecular flexibility index (Phi) is 3.36. The Labute approximate surface area is 125 Å². The summed E-state index contributed by atoms with van der Waals surface area (Å²) >= 11 is 3.42. The summed E-state index contributed by atoms with van der Waals surface area (Å²) in [6.45, 7) is 0. The molecule has 3 rings (SSSR count). The molecule has 0 heterocycles. The topological polar surface area (TPSA) is 29.5 Å². The van der Waals surface area contributed by atoms with E-state index in [9.17, 15) is 5.11 Å². The zero-order valence-corrected chi connectivity index (χ0v) is 12.5. The van der Waals surface area contributed by atoms with Gasteiger partial charge in [0, 0.05) is 5.56 Å². The number of fused-ring (bicyclic) bond motifs is 1. The van der Waals surface area contributed by atoms with E-state index in [0.717, 1.165) is 32.1 Å². The summed E-state index contributed by atoms with van der Waals surface area (Å²) in [6.07, 6.45) is 0. The molecule has 0 aromatic heterocycles. The van der Waals surface area contributed by atoms with Gasteiger partial charge in [-0.05, 0) is 50.5 Å². The predicted molar refractivity (Wildman–Crippen MR) is 85.3 cm³/mol. The lowest BCUT2D eigenvalue weighted by atomic mass is 10.0. The first-order valence-corrected chi connectivity index (χ1v) is 7.04. The van der Waals surface area contributed by atoms with Crippen molar-refractivity contribution < 1.29 is 9.84 Å². The Hall–Kier alpha value is -2.00. The first-order chi connectivity index (χ1) is 9.70. The maximum Gasteiger partial charge on any atom is 0.130 e. The summed E-state index contributed by atoms with van der Waals surface area (Å²) < 4.78 is 6.13. The highest BCUT2D eigenvalue weighted by Crippen LogP contribution is 2.36. The number of aromatic hydroxyl groups is 1. The highest BCUT2D eigenvalue weighted by Gasteiger charge is 2.08. The second-order valence-corrected chi connectivity index (χ2v) is 5.33. The molecule has 3 aromatic carbocycles. The first-order valence-electron chi connectivity index (χ1n) is 6.25. The van der Waals surface area contributed by atoms with E-state index in [0.29, 0.717) is 0 Å². The van der Waals surface area contributed by atoms with Crippen molar-refractivity contribution in [1.82, 2.24) is 0 Å². The average Bonchev–Trinajstić information content (AvgIpc) is 2.50. The molecule has 0 bridgehead atoms. The Balaban J connectivity index is 2.21. The quantitative estimate of drug-likeness (QED) is 0.718. The van der Waals surface area contributed by atoms with Gasteiger partial charge >= 0.3 is 0 Å². The minimum Gasteiger partial charge on any atom is -0.507 e. The van der Waals surface area contributed by atoms with Crippen LogP contribution in [0, 0.1) is 0 Å². The molecule has 3 aromatic rings. The summed E-state index contributed by atoms with van der Waals surface area (Å²) in [7, 11) is 1.68. The summed E-state index contributed by atoms with van der Waals surface area (Å²) in [6, 6.07) is 17.7. The Bertz CT molecular complexity index is 781. The molecule has 0 spiro atoms. The third-order valence-electron chi connectivity index (χ3n) is 3.35. The zero-order valence-electron chi connectivity index (χ0n) is 10.9. The van der Waals surface area contributed by atoms with Gasteiger partial charge in [0.2, 0.25) is 0 Å². The number of phenols is 1. The number of phenolic OH excluding ortho intramolecular Hbond substituents is 1. The molecule has 100 valence electrons. The van der Waals surface area contributed by atoms with Crippen molar-refractivity contribution in [2.75, 3.05) is 7.11 Å². The summed E-state index contributed by atoms with van der Waals surface area (Å²) in [4.78, 5) is 0. The SMILES string of the molecule is COc1ccccc1-c1ccc2c(Br)c(O)ccc2c1. The number of benzene rings is 3. The summed E-state index contributed by atoms with van der Waals surface area (Å²) in [5.41, 5.74) is 2.15. The van der Waals surface area contributed by atoms with Crippen LogP contribution >= 0.6 is 15.9 Å². The highest BCUT2D eigenvalue weighted by atomic mass is 79.9. The van der Waals surface area contributed by atoms with Gasteiger partial charge in [0.15, 0.2) is 0 Å². The van der Waals surface area contributed by atoms with Crippen molar-refractivity contribution in [2.24, 2.45) is 0 Å². The predicted octanol–water partition coefficient (Wildman–Crippen LogP) is 4.98. The van der Waals surface area contributed by atoms with E-state index in [4.69, 9.17) is 4.74 Å². The van der Waals surface area contributed by atoms with E-state index < -0.39 is 0 Å². The summed E-state index contributed by atoms with van der Waals surface area (Å²) in [5.74, 6) is 1.10. The Morgan fingerprint density at radius 3 is 2.60 bits per heavy atom. The van der Waals surface area contributed by atoms with E-state index in [1.807, 2.05) is 42.5 Å². The van der Waals surface area contributed by atoms with Crippen LogP contribution in [0.4, 0.5) is 0 Å². The maximum atomic E-state index is 9.72. The van der Waals surface area contributed by atoms with Crippen LogP contribution in [0.1, 0.15) is 0 Å². The fourth-order valence-electron chi connectivity index (χ4n) is 2.33. The lowest BCUT2D eigenvalue weighted by Gasteiger charge is -2.10. The monoisotopic (exact) mass is 328 g/mol. The van der Waals surface area contributed by atoms with Gasteiger partial charge in [-0.3, -0.25) is 0 Å². The van der Waals surface area contributed by atoms with Gasteiger partial charge in [0.05, 0.1) is 11.6 Å². The molecule has 0 saturated carbocycles. The van der Waals surface area contributed by atoms with Crippen LogP contribution < -0.4 is 4.74 Å². The normalized spacial score (nSPS) is 10.7. The zero-order chi connectivity index (χ0) is 14.1. The molecule has 0 atom stereocenters. The molecule has 0 radical (unpaired) electrons. The molecule has 0 amide bonds. The Morgan fingerprint density at radius 1 is 1.00 bits per heavy atom. The van der Waals surface area contributed by atoms with Crippen molar-refractivity contribution in [3.05, 3.63) is 59.1 Å². The van der Waals surface area contributed by atoms with E-state index in [2.05, 4.69) is 22.0 Å². The van der Waals surface area contributed by atoms with E-state index >= 15 is 0 Å². The van der Waals surface area contributed by atoms with Gasteiger partial charge in [0.25, 0.3) is 0 Å². The van der Waals surface area contributed by atoms with Crippen LogP contribution in [-0.2, 0) is 0 Å². The van der Waals surface area contributed by atoms with E-state index in [-0.39, 0.29) is 5.75 Å².